The number of halogens is 1. The lowest BCUT2D eigenvalue weighted by Gasteiger charge is -2.13. The van der Waals surface area contributed by atoms with Gasteiger partial charge in [0.25, 0.3) is 0 Å². The molecule has 1 nitrogen and oxygen atoms in total. The predicted molar refractivity (Wildman–Crippen MR) is 89.9 cm³/mol. The highest BCUT2D eigenvalue weighted by molar-refractivity contribution is 5.26. The largest absolute Gasteiger partial charge is 0.324 e. The Kier molecular flexibility index (Phi) is 9.32. The van der Waals surface area contributed by atoms with Gasteiger partial charge in [0, 0.05) is 11.6 Å². The van der Waals surface area contributed by atoms with Crippen LogP contribution in [0.15, 0.2) is 18.2 Å². The fraction of sp³-hybridized carbons (Fsp3) is 0.684. The minimum Gasteiger partial charge on any atom is -0.324 e. The van der Waals surface area contributed by atoms with E-state index >= 15 is 0 Å². The number of hydrogen-bond acceptors (Lipinski definition) is 1. The molecular formula is C19H32FN. The monoisotopic (exact) mass is 293 g/mol. The molecule has 0 aliphatic heterocycles. The van der Waals surface area contributed by atoms with Crippen LogP contribution in [-0.2, 0) is 0 Å². The van der Waals surface area contributed by atoms with E-state index in [1.54, 1.807) is 6.07 Å². The third-order valence-corrected chi connectivity index (χ3v) is 4.17. The Labute approximate surface area is 130 Å². The fourth-order valence-corrected chi connectivity index (χ4v) is 2.78. The first-order valence-corrected chi connectivity index (χ1v) is 8.66. The second-order valence-electron chi connectivity index (χ2n) is 6.25. The Morgan fingerprint density at radius 1 is 0.952 bits per heavy atom. The maximum absolute atomic E-state index is 13.7. The summed E-state index contributed by atoms with van der Waals surface area (Å²) in [4.78, 5) is 0. The standard InChI is InChI=1S/C19H32FN/c1-3-4-5-6-7-8-9-10-11-12-19(21)17-15-16(2)13-14-18(17)20/h13-15,19H,3-12,21H2,1-2H3. The van der Waals surface area contributed by atoms with Crippen molar-refractivity contribution in [2.75, 3.05) is 0 Å². The van der Waals surface area contributed by atoms with Gasteiger partial charge < -0.3 is 5.73 Å². The van der Waals surface area contributed by atoms with E-state index in [4.69, 9.17) is 5.73 Å². The molecule has 0 saturated carbocycles. The van der Waals surface area contributed by atoms with E-state index < -0.39 is 0 Å². The summed E-state index contributed by atoms with van der Waals surface area (Å²) in [5.41, 5.74) is 7.87. The number of unbranched alkanes of at least 4 members (excludes halogenated alkanes) is 8. The third-order valence-electron chi connectivity index (χ3n) is 4.17. The molecule has 1 atom stereocenters. The van der Waals surface area contributed by atoms with Gasteiger partial charge in [-0.1, -0.05) is 82.4 Å². The molecule has 0 aliphatic carbocycles. The molecule has 1 aromatic carbocycles. The molecule has 0 fully saturated rings. The van der Waals surface area contributed by atoms with Crippen LogP contribution in [-0.4, -0.2) is 0 Å². The van der Waals surface area contributed by atoms with Crippen molar-refractivity contribution in [3.05, 3.63) is 35.1 Å². The number of aryl methyl sites for hydroxylation is 1. The summed E-state index contributed by atoms with van der Waals surface area (Å²) >= 11 is 0. The van der Waals surface area contributed by atoms with Gasteiger partial charge in [0.1, 0.15) is 5.82 Å². The zero-order valence-corrected chi connectivity index (χ0v) is 13.8. The molecule has 2 N–H and O–H groups in total. The van der Waals surface area contributed by atoms with Gasteiger partial charge in [-0.25, -0.2) is 4.39 Å². The predicted octanol–water partition coefficient (Wildman–Crippen LogP) is 6.05. The molecular weight excluding hydrogens is 261 g/mol. The molecule has 0 saturated heterocycles. The first kappa shape index (κ1) is 18.2. The second kappa shape index (κ2) is 10.8. The quantitative estimate of drug-likeness (QED) is 0.493. The van der Waals surface area contributed by atoms with E-state index in [2.05, 4.69) is 6.92 Å². The van der Waals surface area contributed by atoms with E-state index in [1.165, 1.54) is 57.4 Å². The van der Waals surface area contributed by atoms with Crippen LogP contribution in [0.25, 0.3) is 0 Å². The van der Waals surface area contributed by atoms with Crippen LogP contribution in [0.5, 0.6) is 0 Å². The molecule has 0 bridgehead atoms. The minimum absolute atomic E-state index is 0.158. The van der Waals surface area contributed by atoms with E-state index in [9.17, 15) is 4.39 Å². The molecule has 0 aromatic heterocycles. The summed E-state index contributed by atoms with van der Waals surface area (Å²) in [6.07, 6.45) is 12.6. The Bertz CT molecular complexity index is 389. The Hall–Kier alpha value is -0.890. The van der Waals surface area contributed by atoms with Crippen LogP contribution in [0, 0.1) is 12.7 Å². The van der Waals surface area contributed by atoms with Crippen molar-refractivity contribution in [1.82, 2.24) is 0 Å². The van der Waals surface area contributed by atoms with E-state index in [0.29, 0.717) is 5.56 Å². The fourth-order valence-electron chi connectivity index (χ4n) is 2.78. The lowest BCUT2D eigenvalue weighted by Crippen LogP contribution is -2.12. The van der Waals surface area contributed by atoms with Crippen molar-refractivity contribution >= 4 is 0 Å². The molecule has 1 unspecified atom stereocenters. The van der Waals surface area contributed by atoms with Crippen LogP contribution < -0.4 is 5.73 Å². The van der Waals surface area contributed by atoms with Gasteiger partial charge >= 0.3 is 0 Å². The van der Waals surface area contributed by atoms with Crippen LogP contribution in [0.4, 0.5) is 4.39 Å². The molecule has 1 aromatic rings. The highest BCUT2D eigenvalue weighted by Crippen LogP contribution is 2.22. The summed E-state index contributed by atoms with van der Waals surface area (Å²) in [7, 11) is 0. The maximum Gasteiger partial charge on any atom is 0.127 e. The Balaban J connectivity index is 2.11. The lowest BCUT2D eigenvalue weighted by molar-refractivity contribution is 0.516. The molecule has 2 heteroatoms. The van der Waals surface area contributed by atoms with Gasteiger partial charge in [0.2, 0.25) is 0 Å². The van der Waals surface area contributed by atoms with Crippen LogP contribution in [0.3, 0.4) is 0 Å². The number of nitrogens with two attached hydrogens (primary N) is 1. The normalized spacial score (nSPS) is 12.6. The van der Waals surface area contributed by atoms with Crippen LogP contribution >= 0.6 is 0 Å². The number of hydrogen-bond donors (Lipinski definition) is 1. The molecule has 21 heavy (non-hydrogen) atoms. The molecule has 0 radical (unpaired) electrons. The van der Waals surface area contributed by atoms with Crippen molar-refractivity contribution in [3.63, 3.8) is 0 Å². The average Bonchev–Trinajstić information content (AvgIpc) is 2.48. The van der Waals surface area contributed by atoms with Gasteiger partial charge in [-0.05, 0) is 19.4 Å². The van der Waals surface area contributed by atoms with Gasteiger partial charge in [-0.3, -0.25) is 0 Å². The molecule has 1 rings (SSSR count). The summed E-state index contributed by atoms with van der Waals surface area (Å²) < 4.78 is 13.7. The Morgan fingerprint density at radius 2 is 1.52 bits per heavy atom. The lowest BCUT2D eigenvalue weighted by atomic mass is 9.98. The molecule has 120 valence electrons. The van der Waals surface area contributed by atoms with Crippen LogP contribution in [0.2, 0.25) is 0 Å². The summed E-state index contributed by atoms with van der Waals surface area (Å²) in [6, 6.07) is 5.05. The summed E-state index contributed by atoms with van der Waals surface area (Å²) in [5, 5.41) is 0. The van der Waals surface area contributed by atoms with Gasteiger partial charge in [0.15, 0.2) is 0 Å². The van der Waals surface area contributed by atoms with Gasteiger partial charge in [-0.15, -0.1) is 0 Å². The van der Waals surface area contributed by atoms with E-state index in [0.717, 1.165) is 18.4 Å². The maximum atomic E-state index is 13.7. The first-order valence-electron chi connectivity index (χ1n) is 8.66. The molecule has 0 spiro atoms. The van der Waals surface area contributed by atoms with Gasteiger partial charge in [0.05, 0.1) is 0 Å². The molecule has 0 heterocycles. The first-order chi connectivity index (χ1) is 10.1. The Morgan fingerprint density at radius 3 is 2.14 bits per heavy atom. The molecule has 0 aliphatic rings. The average molecular weight is 293 g/mol. The van der Waals surface area contributed by atoms with Crippen molar-refractivity contribution in [2.24, 2.45) is 5.73 Å². The number of benzene rings is 1. The summed E-state index contributed by atoms with van der Waals surface area (Å²) in [6.45, 7) is 4.23. The minimum atomic E-state index is -0.163. The summed E-state index contributed by atoms with van der Waals surface area (Å²) in [5.74, 6) is -0.163. The van der Waals surface area contributed by atoms with Crippen molar-refractivity contribution in [2.45, 2.75) is 84.1 Å². The molecule has 0 amide bonds. The zero-order chi connectivity index (χ0) is 15.5. The van der Waals surface area contributed by atoms with Crippen LogP contribution in [0.1, 0.15) is 88.3 Å². The highest BCUT2D eigenvalue weighted by Gasteiger charge is 2.11. The topological polar surface area (TPSA) is 26.0 Å². The smallest absolute Gasteiger partial charge is 0.127 e. The SMILES string of the molecule is CCCCCCCCCCCC(N)c1cc(C)ccc1F. The van der Waals surface area contributed by atoms with E-state index in [1.807, 2.05) is 13.0 Å². The van der Waals surface area contributed by atoms with E-state index in [-0.39, 0.29) is 11.9 Å². The zero-order valence-electron chi connectivity index (χ0n) is 13.8. The highest BCUT2D eigenvalue weighted by atomic mass is 19.1. The number of rotatable bonds is 11. The van der Waals surface area contributed by atoms with Crippen molar-refractivity contribution < 1.29 is 4.39 Å². The van der Waals surface area contributed by atoms with Gasteiger partial charge in [-0.2, -0.15) is 0 Å². The third kappa shape index (κ3) is 7.61. The van der Waals surface area contributed by atoms with Crippen molar-refractivity contribution in [3.8, 4) is 0 Å². The second-order valence-corrected chi connectivity index (χ2v) is 6.25. The van der Waals surface area contributed by atoms with Crippen molar-refractivity contribution in [1.29, 1.82) is 0 Å².